The van der Waals surface area contributed by atoms with Crippen LogP contribution in [0.1, 0.15) is 15.2 Å². The fourth-order valence-electron chi connectivity index (χ4n) is 1.82. The smallest absolute Gasteiger partial charge is 0.352 e. The minimum Gasteiger partial charge on any atom is -0.352 e. The highest BCUT2D eigenvalue weighted by molar-refractivity contribution is 9.11. The van der Waals surface area contributed by atoms with Crippen molar-refractivity contribution in [3.05, 3.63) is 50.6 Å². The molecule has 0 bridgehead atoms. The van der Waals surface area contributed by atoms with Crippen LogP contribution >= 0.6 is 27.3 Å². The highest BCUT2D eigenvalue weighted by atomic mass is 79.9. The summed E-state index contributed by atoms with van der Waals surface area (Å²) in [5.41, 5.74) is -5.72. The zero-order chi connectivity index (χ0) is 18.7. The Kier molecular flexibility index (Phi) is 6.12. The van der Waals surface area contributed by atoms with Gasteiger partial charge in [-0.2, -0.15) is 21.6 Å². The number of halogens is 4. The van der Waals surface area contributed by atoms with Crippen LogP contribution in [0.3, 0.4) is 0 Å². The molecule has 0 atom stereocenters. The van der Waals surface area contributed by atoms with E-state index in [1.807, 2.05) is 12.1 Å². The van der Waals surface area contributed by atoms with Crippen molar-refractivity contribution in [2.24, 2.45) is 0 Å². The van der Waals surface area contributed by atoms with Gasteiger partial charge in [-0.25, -0.2) is 0 Å². The molecule has 0 radical (unpaired) electrons. The number of hydrogen-bond acceptors (Lipinski definition) is 4. The molecule has 1 amide bonds. The molecule has 1 aromatic carbocycles. The molecule has 2 N–H and O–H groups in total. The summed E-state index contributed by atoms with van der Waals surface area (Å²) >= 11 is 4.86. The molecule has 25 heavy (non-hydrogen) atoms. The molecule has 0 saturated carbocycles. The molecule has 1 heterocycles. The number of alkyl halides is 3. The number of anilines is 1. The van der Waals surface area contributed by atoms with E-state index in [0.29, 0.717) is 13.0 Å². The van der Waals surface area contributed by atoms with Gasteiger partial charge in [0, 0.05) is 22.7 Å². The second kappa shape index (κ2) is 7.75. The Bertz CT molecular complexity index is 866. The maximum Gasteiger partial charge on any atom is 0.516 e. The van der Waals surface area contributed by atoms with Crippen LogP contribution < -0.4 is 10.0 Å². The third kappa shape index (κ3) is 5.44. The van der Waals surface area contributed by atoms with Crippen molar-refractivity contribution in [3.63, 3.8) is 0 Å². The molecule has 0 unspecified atom stereocenters. The van der Waals surface area contributed by atoms with E-state index in [2.05, 4.69) is 21.2 Å². The Morgan fingerprint density at radius 1 is 1.20 bits per heavy atom. The molecule has 2 rings (SSSR count). The topological polar surface area (TPSA) is 75.3 Å². The van der Waals surface area contributed by atoms with Gasteiger partial charge < -0.3 is 5.32 Å². The van der Waals surface area contributed by atoms with Crippen LogP contribution in [0.25, 0.3) is 0 Å². The zero-order valence-corrected chi connectivity index (χ0v) is 15.7. The van der Waals surface area contributed by atoms with Crippen LogP contribution in [0.2, 0.25) is 0 Å². The number of carbonyl (C=O) groups excluding carboxylic acids is 1. The summed E-state index contributed by atoms with van der Waals surface area (Å²) < 4.78 is 61.7. The monoisotopic (exact) mass is 456 g/mol. The fraction of sp³-hybridized carbons (Fsp3) is 0.214. The van der Waals surface area contributed by atoms with Gasteiger partial charge >= 0.3 is 15.5 Å². The average Bonchev–Trinajstić information content (AvgIpc) is 2.91. The zero-order valence-electron chi connectivity index (χ0n) is 12.4. The standard InChI is InChI=1S/C14H12BrF3N2O3S2/c15-12-5-4-11(24-12)6-7-19-13(21)9-2-1-3-10(8-9)20-25(22,23)14(16,17)18/h1-5,8,20H,6-7H2,(H,19,21). The first-order valence-electron chi connectivity index (χ1n) is 6.80. The Labute approximate surface area is 154 Å². The number of amides is 1. The van der Waals surface area contributed by atoms with Gasteiger partial charge in [0.05, 0.1) is 3.79 Å². The van der Waals surface area contributed by atoms with Crippen LogP contribution in [-0.4, -0.2) is 26.4 Å². The Morgan fingerprint density at radius 2 is 1.92 bits per heavy atom. The van der Waals surface area contributed by atoms with Crippen LogP contribution in [0.15, 0.2) is 40.2 Å². The summed E-state index contributed by atoms with van der Waals surface area (Å²) in [6, 6.07) is 8.64. The summed E-state index contributed by atoms with van der Waals surface area (Å²) in [7, 11) is -5.53. The van der Waals surface area contributed by atoms with E-state index in [9.17, 15) is 26.4 Å². The molecule has 11 heteroatoms. The SMILES string of the molecule is O=C(NCCc1ccc(Br)s1)c1cccc(NS(=O)(=O)C(F)(F)F)c1. The molecule has 0 aliphatic rings. The Balaban J connectivity index is 1.99. The van der Waals surface area contributed by atoms with Crippen LogP contribution in [0, 0.1) is 0 Å². The predicted octanol–water partition coefficient (Wildman–Crippen LogP) is 3.74. The van der Waals surface area contributed by atoms with Crippen LogP contribution in [0.5, 0.6) is 0 Å². The lowest BCUT2D eigenvalue weighted by Crippen LogP contribution is -2.30. The van der Waals surface area contributed by atoms with E-state index in [1.54, 1.807) is 0 Å². The predicted molar refractivity (Wildman–Crippen MR) is 93.1 cm³/mol. The summed E-state index contributed by atoms with van der Waals surface area (Å²) in [4.78, 5) is 13.1. The molecular weight excluding hydrogens is 445 g/mol. The van der Waals surface area contributed by atoms with E-state index < -0.39 is 21.4 Å². The number of nitrogens with one attached hydrogen (secondary N) is 2. The van der Waals surface area contributed by atoms with Crippen molar-refractivity contribution in [2.75, 3.05) is 11.3 Å². The molecule has 5 nitrogen and oxygen atoms in total. The van der Waals surface area contributed by atoms with Crippen molar-refractivity contribution in [1.29, 1.82) is 0 Å². The van der Waals surface area contributed by atoms with E-state index in [-0.39, 0.29) is 11.3 Å². The molecule has 2 aromatic rings. The van der Waals surface area contributed by atoms with Gasteiger partial charge in [-0.3, -0.25) is 9.52 Å². The Hall–Kier alpha value is -1.59. The third-order valence-electron chi connectivity index (χ3n) is 2.97. The highest BCUT2D eigenvalue weighted by Crippen LogP contribution is 2.25. The molecule has 0 aliphatic heterocycles. The second-order valence-electron chi connectivity index (χ2n) is 4.84. The quantitative estimate of drug-likeness (QED) is 0.694. The Morgan fingerprint density at radius 3 is 2.52 bits per heavy atom. The fourth-order valence-corrected chi connectivity index (χ4v) is 3.86. The second-order valence-corrected chi connectivity index (χ2v) is 9.07. The number of sulfonamides is 1. The maximum atomic E-state index is 12.4. The van der Waals surface area contributed by atoms with Crippen LogP contribution in [-0.2, 0) is 16.4 Å². The minimum atomic E-state index is -5.53. The number of benzene rings is 1. The minimum absolute atomic E-state index is 0.0507. The van der Waals surface area contributed by atoms with E-state index >= 15 is 0 Å². The van der Waals surface area contributed by atoms with Crippen LogP contribution in [0.4, 0.5) is 18.9 Å². The molecule has 1 aromatic heterocycles. The van der Waals surface area contributed by atoms with Crippen molar-refractivity contribution in [2.45, 2.75) is 11.9 Å². The lowest BCUT2D eigenvalue weighted by Gasteiger charge is -2.11. The van der Waals surface area contributed by atoms with Gasteiger partial charge in [0.15, 0.2) is 0 Å². The first-order valence-corrected chi connectivity index (χ1v) is 9.89. The summed E-state index contributed by atoms with van der Waals surface area (Å²) in [6.45, 7) is 0.338. The molecule has 0 spiro atoms. The van der Waals surface area contributed by atoms with Crippen molar-refractivity contribution in [3.8, 4) is 0 Å². The molecular formula is C14H12BrF3N2O3S2. The summed E-state index contributed by atoms with van der Waals surface area (Å²) in [6.07, 6.45) is 0.600. The molecule has 0 aliphatic carbocycles. The largest absolute Gasteiger partial charge is 0.516 e. The molecule has 0 saturated heterocycles. The van der Waals surface area contributed by atoms with E-state index in [4.69, 9.17) is 0 Å². The van der Waals surface area contributed by atoms with Gasteiger partial charge in [-0.05, 0) is 52.7 Å². The molecule has 0 fully saturated rings. The van der Waals surface area contributed by atoms with Gasteiger partial charge in [-0.15, -0.1) is 11.3 Å². The summed E-state index contributed by atoms with van der Waals surface area (Å²) in [5.74, 6) is -0.510. The van der Waals surface area contributed by atoms with Gasteiger partial charge in [0.25, 0.3) is 5.91 Å². The van der Waals surface area contributed by atoms with E-state index in [1.165, 1.54) is 28.2 Å². The normalized spacial score (nSPS) is 12.0. The number of rotatable bonds is 6. The van der Waals surface area contributed by atoms with E-state index in [0.717, 1.165) is 20.8 Å². The lowest BCUT2D eigenvalue weighted by molar-refractivity contribution is -0.0429. The van der Waals surface area contributed by atoms with Gasteiger partial charge in [-0.1, -0.05) is 6.07 Å². The number of thiophene rings is 1. The van der Waals surface area contributed by atoms with Gasteiger partial charge in [0.2, 0.25) is 0 Å². The third-order valence-corrected chi connectivity index (χ3v) is 5.76. The lowest BCUT2D eigenvalue weighted by atomic mass is 10.2. The van der Waals surface area contributed by atoms with Crippen molar-refractivity contribution >= 4 is 48.9 Å². The first-order chi connectivity index (χ1) is 11.6. The first kappa shape index (κ1) is 19.7. The molecule has 136 valence electrons. The average molecular weight is 457 g/mol. The highest BCUT2D eigenvalue weighted by Gasteiger charge is 2.46. The number of carbonyl (C=O) groups is 1. The maximum absolute atomic E-state index is 12.4. The van der Waals surface area contributed by atoms with Gasteiger partial charge in [0.1, 0.15) is 0 Å². The number of hydrogen-bond donors (Lipinski definition) is 2. The van der Waals surface area contributed by atoms with Crippen molar-refractivity contribution < 1.29 is 26.4 Å². The van der Waals surface area contributed by atoms with Crippen molar-refractivity contribution in [1.82, 2.24) is 5.32 Å². The summed E-state index contributed by atoms with van der Waals surface area (Å²) in [5, 5.41) is 2.63.